The molecule has 1 saturated heterocycles. The van der Waals surface area contributed by atoms with Gasteiger partial charge in [-0.25, -0.2) is 9.97 Å². The van der Waals surface area contributed by atoms with E-state index in [0.717, 1.165) is 34.6 Å². The molecular formula is C32H31N3PS2+. The number of piperidine rings is 1. The second-order valence-electron chi connectivity index (χ2n) is 9.43. The molecule has 5 aromatic rings. The fourth-order valence-corrected chi connectivity index (χ4v) is 11.7. The molecule has 6 rings (SSSR count). The normalized spacial score (nSPS) is 14.0. The monoisotopic (exact) mass is 552 g/mol. The number of anilines is 1. The van der Waals surface area contributed by atoms with E-state index < -0.39 is 7.26 Å². The van der Waals surface area contributed by atoms with Crippen LogP contribution in [0.4, 0.5) is 5.82 Å². The Morgan fingerprint density at radius 1 is 0.684 bits per heavy atom. The average Bonchev–Trinajstić information content (AvgIpc) is 3.55. The van der Waals surface area contributed by atoms with Crippen molar-refractivity contribution in [3.8, 4) is 10.7 Å². The number of hydrogen-bond donors (Lipinski definition) is 0. The molecule has 0 N–H and O–H groups in total. The van der Waals surface area contributed by atoms with Crippen LogP contribution in [-0.4, -0.2) is 29.3 Å². The summed E-state index contributed by atoms with van der Waals surface area (Å²) in [4.78, 5) is 14.4. The maximum Gasteiger partial charge on any atom is 0.184 e. The first-order valence-corrected chi connectivity index (χ1v) is 17.0. The molecular weight excluding hydrogens is 521 g/mol. The second kappa shape index (κ2) is 11.4. The molecule has 0 amide bonds. The third-order valence-electron chi connectivity index (χ3n) is 7.19. The van der Waals surface area contributed by atoms with Crippen LogP contribution >= 0.6 is 30.4 Å². The fourth-order valence-electron chi connectivity index (χ4n) is 5.49. The van der Waals surface area contributed by atoms with Crippen LogP contribution in [0.1, 0.15) is 19.3 Å². The van der Waals surface area contributed by atoms with Gasteiger partial charge in [-0.15, -0.1) is 23.1 Å². The molecule has 0 spiro atoms. The van der Waals surface area contributed by atoms with Crippen LogP contribution in [0.5, 0.6) is 0 Å². The van der Waals surface area contributed by atoms with Crippen LogP contribution in [0.25, 0.3) is 10.7 Å². The van der Waals surface area contributed by atoms with Gasteiger partial charge in [0.05, 0.1) is 4.88 Å². The van der Waals surface area contributed by atoms with E-state index in [1.54, 1.807) is 23.1 Å². The summed E-state index contributed by atoms with van der Waals surface area (Å²) in [5, 5.41) is 8.47. The van der Waals surface area contributed by atoms with E-state index in [4.69, 9.17) is 9.97 Å². The molecule has 190 valence electrons. The van der Waals surface area contributed by atoms with Crippen molar-refractivity contribution in [2.45, 2.75) is 24.3 Å². The molecule has 3 heterocycles. The van der Waals surface area contributed by atoms with E-state index in [1.165, 1.54) is 40.5 Å². The number of benzene rings is 3. The summed E-state index contributed by atoms with van der Waals surface area (Å²) in [6.45, 7) is 2.06. The Kier molecular flexibility index (Phi) is 7.60. The van der Waals surface area contributed by atoms with Gasteiger partial charge in [0.25, 0.3) is 0 Å². The minimum Gasteiger partial charge on any atom is -0.353 e. The number of hydrogen-bond acceptors (Lipinski definition) is 5. The molecule has 0 bridgehead atoms. The summed E-state index contributed by atoms with van der Waals surface area (Å²) < 4.78 is 0. The van der Waals surface area contributed by atoms with Gasteiger partial charge in [0.15, 0.2) is 24.2 Å². The van der Waals surface area contributed by atoms with E-state index in [0.29, 0.717) is 0 Å². The first-order valence-electron chi connectivity index (χ1n) is 13.1. The predicted molar refractivity (Wildman–Crippen MR) is 168 cm³/mol. The Balaban J connectivity index is 1.77. The molecule has 38 heavy (non-hydrogen) atoms. The molecule has 0 radical (unpaired) electrons. The van der Waals surface area contributed by atoms with Crippen molar-refractivity contribution in [1.29, 1.82) is 0 Å². The second-order valence-corrected chi connectivity index (χ2v) is 14.5. The third kappa shape index (κ3) is 4.58. The molecule has 1 aliphatic rings. The maximum atomic E-state index is 5.43. The lowest BCUT2D eigenvalue weighted by atomic mass is 10.1. The predicted octanol–water partition coefficient (Wildman–Crippen LogP) is 6.54. The molecule has 1 fully saturated rings. The smallest absolute Gasteiger partial charge is 0.184 e. The highest BCUT2D eigenvalue weighted by Gasteiger charge is 2.53. The van der Waals surface area contributed by atoms with Crippen LogP contribution in [0.15, 0.2) is 114 Å². The van der Waals surface area contributed by atoms with Gasteiger partial charge in [-0.05, 0) is 73.4 Å². The van der Waals surface area contributed by atoms with Crippen LogP contribution in [0, 0.1) is 0 Å². The zero-order chi connectivity index (χ0) is 25.8. The molecule has 1 aliphatic heterocycles. The van der Waals surface area contributed by atoms with Crippen molar-refractivity contribution in [2.75, 3.05) is 24.2 Å². The average molecular weight is 553 g/mol. The fraction of sp³-hybridized carbons (Fsp3) is 0.188. The maximum absolute atomic E-state index is 5.43. The summed E-state index contributed by atoms with van der Waals surface area (Å²) in [5.74, 6) is 1.94. The van der Waals surface area contributed by atoms with Gasteiger partial charge in [0.1, 0.15) is 20.9 Å². The Labute approximate surface area is 234 Å². The molecule has 6 heteroatoms. The van der Waals surface area contributed by atoms with Gasteiger partial charge in [0, 0.05) is 13.1 Å². The molecule has 0 unspecified atom stereocenters. The molecule has 0 atom stereocenters. The lowest BCUT2D eigenvalue weighted by Gasteiger charge is -2.34. The van der Waals surface area contributed by atoms with Crippen LogP contribution in [-0.2, 0) is 0 Å². The Hall–Kier alpha value is -2.98. The summed E-state index contributed by atoms with van der Waals surface area (Å²) >= 11 is 3.46. The highest BCUT2D eigenvalue weighted by molar-refractivity contribution is 8.04. The number of nitrogens with zero attached hydrogens (tertiary/aromatic N) is 3. The van der Waals surface area contributed by atoms with Crippen LogP contribution in [0.3, 0.4) is 0 Å². The summed E-state index contributed by atoms with van der Waals surface area (Å²) in [6, 6.07) is 37.5. The van der Waals surface area contributed by atoms with Crippen LogP contribution in [0.2, 0.25) is 0 Å². The topological polar surface area (TPSA) is 29.0 Å². The number of aromatic nitrogens is 2. The van der Waals surface area contributed by atoms with Gasteiger partial charge in [-0.3, -0.25) is 0 Å². The molecule has 0 aliphatic carbocycles. The Morgan fingerprint density at radius 2 is 1.24 bits per heavy atom. The first-order chi connectivity index (χ1) is 18.8. The highest BCUT2D eigenvalue weighted by Crippen LogP contribution is 2.57. The number of thioether (sulfide) groups is 1. The van der Waals surface area contributed by atoms with Crippen molar-refractivity contribution in [3.63, 3.8) is 0 Å². The van der Waals surface area contributed by atoms with Crippen molar-refractivity contribution in [3.05, 3.63) is 109 Å². The molecule has 0 saturated carbocycles. The number of thiophene rings is 1. The SMILES string of the molecule is CSc1nc(-c2cccs2)nc(N2CCCCC2)c1[P+](c1ccccc1)(c1ccccc1)c1ccccc1. The van der Waals surface area contributed by atoms with Gasteiger partial charge in [-0.2, -0.15) is 0 Å². The van der Waals surface area contributed by atoms with E-state index >= 15 is 0 Å². The minimum atomic E-state index is -2.34. The van der Waals surface area contributed by atoms with Gasteiger partial charge >= 0.3 is 0 Å². The van der Waals surface area contributed by atoms with Gasteiger partial charge in [-0.1, -0.05) is 60.7 Å². The standard InChI is InChI=1S/C32H31N3PS2/c1-37-32-29(31(35-22-12-5-13-23-35)33-30(34-32)28-21-14-24-38-28)36(25-15-6-2-7-16-25,26-17-8-3-9-18-26)27-19-10-4-11-20-27/h2-4,6-11,14-21,24H,5,12-13,22-23H2,1H3/q+1. The first kappa shape index (κ1) is 25.3. The molecule has 3 aromatic carbocycles. The summed E-state index contributed by atoms with van der Waals surface area (Å²) in [6.07, 6.45) is 5.83. The highest BCUT2D eigenvalue weighted by atomic mass is 32.2. The lowest BCUT2D eigenvalue weighted by molar-refractivity contribution is 0.574. The Bertz CT molecular complexity index is 1370. The van der Waals surface area contributed by atoms with Gasteiger partial charge < -0.3 is 4.90 Å². The molecule has 2 aromatic heterocycles. The van der Waals surface area contributed by atoms with Crippen molar-refractivity contribution in [1.82, 2.24) is 9.97 Å². The number of rotatable bonds is 7. The van der Waals surface area contributed by atoms with E-state index in [1.807, 2.05) is 0 Å². The zero-order valence-electron chi connectivity index (χ0n) is 21.5. The van der Waals surface area contributed by atoms with Crippen molar-refractivity contribution >= 4 is 57.4 Å². The largest absolute Gasteiger partial charge is 0.353 e. The summed E-state index contributed by atoms with van der Waals surface area (Å²) in [5.41, 5.74) is 0. The minimum absolute atomic E-state index is 0.834. The van der Waals surface area contributed by atoms with Crippen molar-refractivity contribution < 1.29 is 0 Å². The zero-order valence-corrected chi connectivity index (χ0v) is 24.1. The lowest BCUT2D eigenvalue weighted by Crippen LogP contribution is -2.44. The summed E-state index contributed by atoms with van der Waals surface area (Å²) in [7, 11) is -2.34. The Morgan fingerprint density at radius 3 is 1.71 bits per heavy atom. The van der Waals surface area contributed by atoms with Crippen LogP contribution < -0.4 is 26.1 Å². The van der Waals surface area contributed by atoms with Crippen molar-refractivity contribution in [2.24, 2.45) is 0 Å². The quantitative estimate of drug-likeness (QED) is 0.130. The van der Waals surface area contributed by atoms with E-state index in [9.17, 15) is 0 Å². The van der Waals surface area contributed by atoms with Gasteiger partial charge in [0.2, 0.25) is 0 Å². The van der Waals surface area contributed by atoms with E-state index in [-0.39, 0.29) is 0 Å². The third-order valence-corrected chi connectivity index (χ3v) is 13.2. The van der Waals surface area contributed by atoms with E-state index in [2.05, 4.69) is 120 Å². The molecule has 3 nitrogen and oxygen atoms in total.